The highest BCUT2D eigenvalue weighted by Gasteiger charge is 2.51. The third kappa shape index (κ3) is 3.61. The van der Waals surface area contributed by atoms with Crippen molar-refractivity contribution in [3.05, 3.63) is 11.8 Å². The van der Waals surface area contributed by atoms with E-state index in [-0.39, 0.29) is 5.97 Å². The van der Waals surface area contributed by atoms with E-state index < -0.39 is 5.54 Å². The Kier molecular flexibility index (Phi) is 5.32. The molecule has 1 heterocycles. The molecule has 1 N–H and O–H groups in total. The van der Waals surface area contributed by atoms with E-state index in [9.17, 15) is 4.79 Å². The fourth-order valence-corrected chi connectivity index (χ4v) is 3.94. The van der Waals surface area contributed by atoms with Crippen LogP contribution in [0.15, 0.2) is 11.1 Å². The summed E-state index contributed by atoms with van der Waals surface area (Å²) in [5.41, 5.74) is 0.435. The summed E-state index contributed by atoms with van der Waals surface area (Å²) in [6, 6.07) is 2.05. The number of aromatic nitrogens is 2. The van der Waals surface area contributed by atoms with E-state index in [2.05, 4.69) is 23.4 Å². The minimum Gasteiger partial charge on any atom is -0.468 e. The van der Waals surface area contributed by atoms with Crippen molar-refractivity contribution in [3.63, 3.8) is 0 Å². The van der Waals surface area contributed by atoms with Gasteiger partial charge in [0.25, 0.3) is 0 Å². The second-order valence-corrected chi connectivity index (χ2v) is 6.70. The van der Waals surface area contributed by atoms with Crippen LogP contribution in [-0.2, 0) is 16.6 Å². The van der Waals surface area contributed by atoms with Crippen molar-refractivity contribution < 1.29 is 9.53 Å². The molecular weight excluding hydrogens is 286 g/mol. The molecule has 0 bridgehead atoms. The Morgan fingerprint density at radius 3 is 2.81 bits per heavy atom. The molecule has 0 spiro atoms. The zero-order valence-electron chi connectivity index (χ0n) is 13.3. The van der Waals surface area contributed by atoms with Gasteiger partial charge in [-0.25, -0.2) is 0 Å². The number of aryl methyl sites for hydroxylation is 2. The third-order valence-corrected chi connectivity index (χ3v) is 5.20. The summed E-state index contributed by atoms with van der Waals surface area (Å²) in [6.45, 7) is 4.92. The van der Waals surface area contributed by atoms with Crippen molar-refractivity contribution >= 4 is 17.7 Å². The van der Waals surface area contributed by atoms with E-state index >= 15 is 0 Å². The van der Waals surface area contributed by atoms with E-state index in [1.807, 2.05) is 18.7 Å². The predicted octanol–water partition coefficient (Wildman–Crippen LogP) is 2.14. The highest BCUT2D eigenvalue weighted by Crippen LogP contribution is 2.43. The van der Waals surface area contributed by atoms with Gasteiger partial charge in [-0.15, -0.1) is 11.8 Å². The first kappa shape index (κ1) is 16.4. The minimum absolute atomic E-state index is 0.134. The first-order valence-corrected chi connectivity index (χ1v) is 8.49. The Hall–Kier alpha value is -1.01. The standard InChI is InChI=1S/C15H25N3O2S/c1-5-8-16-15(12-6-7-12,14(19)20-4)10-21-13-9-11(2)17-18(13)3/h9,12,16H,5-8,10H2,1-4H3. The third-order valence-electron chi connectivity index (χ3n) is 3.92. The van der Waals surface area contributed by atoms with Crippen molar-refractivity contribution in [2.24, 2.45) is 13.0 Å². The highest BCUT2D eigenvalue weighted by atomic mass is 32.2. The average molecular weight is 311 g/mol. The Morgan fingerprint density at radius 1 is 1.62 bits per heavy atom. The highest BCUT2D eigenvalue weighted by molar-refractivity contribution is 7.99. The number of ether oxygens (including phenoxy) is 1. The molecule has 2 rings (SSSR count). The van der Waals surface area contributed by atoms with Gasteiger partial charge in [-0.05, 0) is 44.7 Å². The molecule has 0 saturated heterocycles. The van der Waals surface area contributed by atoms with Gasteiger partial charge in [-0.1, -0.05) is 6.92 Å². The van der Waals surface area contributed by atoms with Crippen LogP contribution >= 0.6 is 11.8 Å². The summed E-state index contributed by atoms with van der Waals surface area (Å²) in [4.78, 5) is 12.4. The molecule has 5 nitrogen and oxygen atoms in total. The smallest absolute Gasteiger partial charge is 0.327 e. The SMILES string of the molecule is CCCNC(CSc1cc(C)nn1C)(C(=O)OC)C1CC1. The molecular formula is C15H25N3O2S. The number of esters is 1. The zero-order chi connectivity index (χ0) is 15.5. The monoisotopic (exact) mass is 311 g/mol. The number of thioether (sulfide) groups is 1. The van der Waals surface area contributed by atoms with Gasteiger partial charge in [0.05, 0.1) is 17.8 Å². The molecule has 0 radical (unpaired) electrons. The zero-order valence-corrected chi connectivity index (χ0v) is 14.1. The van der Waals surface area contributed by atoms with E-state index in [0.717, 1.165) is 36.5 Å². The van der Waals surface area contributed by atoms with Gasteiger partial charge < -0.3 is 10.1 Å². The quantitative estimate of drug-likeness (QED) is 0.589. The summed E-state index contributed by atoms with van der Waals surface area (Å²) in [5, 5.41) is 8.91. The van der Waals surface area contributed by atoms with Crippen molar-refractivity contribution in [2.45, 2.75) is 43.7 Å². The van der Waals surface area contributed by atoms with Crippen LogP contribution in [0.3, 0.4) is 0 Å². The molecule has 0 amide bonds. The fourth-order valence-electron chi connectivity index (χ4n) is 2.63. The molecule has 118 valence electrons. The van der Waals surface area contributed by atoms with Gasteiger partial charge in [0.2, 0.25) is 0 Å². The summed E-state index contributed by atoms with van der Waals surface area (Å²) in [6.07, 6.45) is 3.19. The Morgan fingerprint density at radius 2 is 2.33 bits per heavy atom. The van der Waals surface area contributed by atoms with Gasteiger partial charge >= 0.3 is 5.97 Å². The molecule has 1 aliphatic carbocycles. The number of rotatable bonds is 8. The average Bonchev–Trinajstić information content (AvgIpc) is 3.25. The van der Waals surface area contributed by atoms with Gasteiger partial charge in [-0.3, -0.25) is 9.48 Å². The molecule has 0 aliphatic heterocycles. The first-order chi connectivity index (χ1) is 10.0. The molecule has 6 heteroatoms. The number of carbonyl (C=O) groups excluding carboxylic acids is 1. The van der Waals surface area contributed by atoms with Crippen LogP contribution in [0.4, 0.5) is 0 Å². The van der Waals surface area contributed by atoms with Crippen molar-refractivity contribution in [1.29, 1.82) is 0 Å². The van der Waals surface area contributed by atoms with Gasteiger partial charge in [-0.2, -0.15) is 5.10 Å². The molecule has 1 unspecified atom stereocenters. The largest absolute Gasteiger partial charge is 0.468 e. The van der Waals surface area contributed by atoms with E-state index in [1.165, 1.54) is 7.11 Å². The molecule has 1 aromatic heterocycles. The number of carbonyl (C=O) groups is 1. The van der Waals surface area contributed by atoms with Crippen LogP contribution in [0.25, 0.3) is 0 Å². The lowest BCUT2D eigenvalue weighted by atomic mass is 9.95. The summed E-state index contributed by atoms with van der Waals surface area (Å²) < 4.78 is 6.97. The van der Waals surface area contributed by atoms with Crippen LogP contribution in [0.2, 0.25) is 0 Å². The topological polar surface area (TPSA) is 56.2 Å². The first-order valence-electron chi connectivity index (χ1n) is 7.50. The van der Waals surface area contributed by atoms with E-state index in [4.69, 9.17) is 4.74 Å². The number of hydrogen-bond acceptors (Lipinski definition) is 5. The fraction of sp³-hybridized carbons (Fsp3) is 0.733. The second-order valence-electron chi connectivity index (χ2n) is 5.70. The molecule has 21 heavy (non-hydrogen) atoms. The normalized spacial score (nSPS) is 17.5. The molecule has 1 aliphatic rings. The minimum atomic E-state index is -0.562. The lowest BCUT2D eigenvalue weighted by molar-refractivity contribution is -0.148. The Balaban J connectivity index is 2.14. The van der Waals surface area contributed by atoms with E-state index in [0.29, 0.717) is 11.7 Å². The Labute approximate surface area is 130 Å². The molecule has 1 saturated carbocycles. The Bertz CT molecular complexity index is 499. The summed E-state index contributed by atoms with van der Waals surface area (Å²) in [5.74, 6) is 0.937. The number of methoxy groups -OCH3 is 1. The maximum absolute atomic E-state index is 12.4. The lowest BCUT2D eigenvalue weighted by Crippen LogP contribution is -2.57. The number of nitrogens with zero attached hydrogens (tertiary/aromatic N) is 2. The maximum atomic E-state index is 12.4. The predicted molar refractivity (Wildman–Crippen MR) is 84.4 cm³/mol. The van der Waals surface area contributed by atoms with E-state index in [1.54, 1.807) is 11.8 Å². The van der Waals surface area contributed by atoms with Gasteiger partial charge in [0, 0.05) is 12.8 Å². The lowest BCUT2D eigenvalue weighted by Gasteiger charge is -2.32. The van der Waals surface area contributed by atoms with Crippen LogP contribution in [0.1, 0.15) is 31.9 Å². The number of hydrogen-bond donors (Lipinski definition) is 1. The van der Waals surface area contributed by atoms with Crippen LogP contribution in [0, 0.1) is 12.8 Å². The van der Waals surface area contributed by atoms with Crippen LogP contribution < -0.4 is 5.32 Å². The van der Waals surface area contributed by atoms with Crippen molar-refractivity contribution in [2.75, 3.05) is 19.4 Å². The maximum Gasteiger partial charge on any atom is 0.327 e. The van der Waals surface area contributed by atoms with Crippen molar-refractivity contribution in [3.8, 4) is 0 Å². The molecule has 1 atom stereocenters. The summed E-state index contributed by atoms with van der Waals surface area (Å²) >= 11 is 1.67. The van der Waals surface area contributed by atoms with Crippen LogP contribution in [-0.4, -0.2) is 40.7 Å². The molecule has 1 fully saturated rings. The summed E-state index contributed by atoms with van der Waals surface area (Å²) in [7, 11) is 3.41. The van der Waals surface area contributed by atoms with Crippen LogP contribution in [0.5, 0.6) is 0 Å². The number of nitrogens with one attached hydrogen (secondary N) is 1. The molecule has 1 aromatic rings. The van der Waals surface area contributed by atoms with Gasteiger partial charge in [0.1, 0.15) is 5.54 Å². The van der Waals surface area contributed by atoms with Gasteiger partial charge in [0.15, 0.2) is 0 Å². The van der Waals surface area contributed by atoms with Crippen molar-refractivity contribution in [1.82, 2.24) is 15.1 Å². The second kappa shape index (κ2) is 6.83. The molecule has 0 aromatic carbocycles.